The molecule has 4 aromatic rings. The van der Waals surface area contributed by atoms with E-state index in [-0.39, 0.29) is 0 Å². The van der Waals surface area contributed by atoms with Crippen molar-refractivity contribution in [2.24, 2.45) is 0 Å². The largest absolute Gasteiger partial charge is 0.254 e. The summed E-state index contributed by atoms with van der Waals surface area (Å²) in [4.78, 5) is 16.0. The lowest BCUT2D eigenvalue weighted by atomic mass is 10.1. The summed E-state index contributed by atoms with van der Waals surface area (Å²) in [5.41, 5.74) is 2.69. The van der Waals surface area contributed by atoms with Crippen LogP contribution in [-0.4, -0.2) is 15.0 Å². The molecule has 5 heteroatoms. The Morgan fingerprint density at radius 1 is 1.17 bits per heavy atom. The van der Waals surface area contributed by atoms with Crippen molar-refractivity contribution in [2.75, 3.05) is 0 Å². The highest BCUT2D eigenvalue weighted by atomic mass is 32.2. The zero-order valence-electron chi connectivity index (χ0n) is 12.5. The highest BCUT2D eigenvalue weighted by molar-refractivity contribution is 8.01. The van der Waals surface area contributed by atoms with Gasteiger partial charge in [-0.25, -0.2) is 9.97 Å². The van der Waals surface area contributed by atoms with Gasteiger partial charge in [-0.3, -0.25) is 4.98 Å². The molecule has 23 heavy (non-hydrogen) atoms. The first-order valence-corrected chi connectivity index (χ1v) is 8.79. The summed E-state index contributed by atoms with van der Waals surface area (Å²) in [5.74, 6) is 0. The number of aromatic nitrogens is 3. The van der Waals surface area contributed by atoms with E-state index in [2.05, 4.69) is 47.7 Å². The third-order valence-electron chi connectivity index (χ3n) is 3.54. The predicted molar refractivity (Wildman–Crippen MR) is 98.1 cm³/mol. The summed E-state index contributed by atoms with van der Waals surface area (Å²) in [5, 5.41) is 2.19. The van der Waals surface area contributed by atoms with Crippen LogP contribution < -0.4 is 0 Å². The van der Waals surface area contributed by atoms with Crippen molar-refractivity contribution in [3.8, 4) is 0 Å². The number of hydrogen-bond donors (Lipinski definition) is 0. The van der Waals surface area contributed by atoms with Crippen LogP contribution in [0.3, 0.4) is 0 Å². The van der Waals surface area contributed by atoms with E-state index in [1.807, 2.05) is 12.3 Å². The smallest absolute Gasteiger partial charge is 0.154 e. The molecule has 0 unspecified atom stereocenters. The molecule has 3 nitrogen and oxygen atoms in total. The Labute approximate surface area is 142 Å². The lowest BCUT2D eigenvalue weighted by molar-refractivity contribution is 1.23. The molecule has 112 valence electrons. The van der Waals surface area contributed by atoms with Crippen LogP contribution in [0.1, 0.15) is 10.6 Å². The lowest BCUT2D eigenvalue weighted by Gasteiger charge is -2.08. The van der Waals surface area contributed by atoms with Gasteiger partial charge >= 0.3 is 0 Å². The van der Waals surface area contributed by atoms with Crippen molar-refractivity contribution in [3.63, 3.8) is 0 Å². The van der Waals surface area contributed by atoms with E-state index < -0.39 is 0 Å². The summed E-state index contributed by atoms with van der Waals surface area (Å²) in [6, 6.07) is 10.3. The van der Waals surface area contributed by atoms with E-state index in [9.17, 15) is 0 Å². The lowest BCUT2D eigenvalue weighted by Crippen LogP contribution is -1.90. The summed E-state index contributed by atoms with van der Waals surface area (Å²) in [7, 11) is 0. The van der Waals surface area contributed by atoms with E-state index in [4.69, 9.17) is 4.98 Å². The van der Waals surface area contributed by atoms with Gasteiger partial charge in [-0.05, 0) is 25.1 Å². The van der Waals surface area contributed by atoms with Crippen molar-refractivity contribution in [1.82, 2.24) is 15.0 Å². The zero-order chi connectivity index (χ0) is 15.8. The van der Waals surface area contributed by atoms with Gasteiger partial charge in [0.05, 0.1) is 16.7 Å². The number of thiazole rings is 1. The van der Waals surface area contributed by atoms with Crippen molar-refractivity contribution in [3.05, 3.63) is 59.9 Å². The fraction of sp³-hybridized carbons (Fsp3) is 0.0556. The molecule has 0 saturated heterocycles. The molecule has 0 atom stereocenters. The molecular weight excluding hydrogens is 322 g/mol. The third-order valence-corrected chi connectivity index (χ3v) is 5.58. The Bertz CT molecular complexity index is 1040. The van der Waals surface area contributed by atoms with Gasteiger partial charge in [-0.1, -0.05) is 36.5 Å². The first kappa shape index (κ1) is 14.4. The number of pyridine rings is 2. The zero-order valence-corrected chi connectivity index (χ0v) is 14.1. The second kappa shape index (κ2) is 5.76. The topological polar surface area (TPSA) is 38.7 Å². The minimum Gasteiger partial charge on any atom is -0.254 e. The van der Waals surface area contributed by atoms with Crippen LogP contribution in [0, 0.1) is 6.92 Å². The molecule has 0 aliphatic rings. The fourth-order valence-electron chi connectivity index (χ4n) is 2.48. The van der Waals surface area contributed by atoms with Gasteiger partial charge in [0.15, 0.2) is 4.34 Å². The molecule has 0 fully saturated rings. The molecule has 0 radical (unpaired) electrons. The Morgan fingerprint density at radius 2 is 2.09 bits per heavy atom. The number of rotatable bonds is 3. The number of hydrogen-bond acceptors (Lipinski definition) is 5. The van der Waals surface area contributed by atoms with Crippen molar-refractivity contribution >= 4 is 51.0 Å². The summed E-state index contributed by atoms with van der Waals surface area (Å²) < 4.78 is 1.03. The monoisotopic (exact) mass is 335 g/mol. The van der Waals surface area contributed by atoms with E-state index >= 15 is 0 Å². The molecule has 4 rings (SSSR count). The second-order valence-electron chi connectivity index (χ2n) is 5.13. The molecule has 0 aliphatic carbocycles. The van der Waals surface area contributed by atoms with Gasteiger partial charge in [-0.15, -0.1) is 11.3 Å². The average Bonchev–Trinajstić information content (AvgIpc) is 2.99. The Hall–Kier alpha value is -2.24. The maximum atomic E-state index is 4.72. The van der Waals surface area contributed by atoms with Gasteiger partial charge < -0.3 is 0 Å². The van der Waals surface area contributed by atoms with Crippen LogP contribution >= 0.6 is 23.1 Å². The third kappa shape index (κ3) is 2.62. The number of aryl methyl sites for hydroxylation is 1. The Balaban J connectivity index is 1.98. The summed E-state index contributed by atoms with van der Waals surface area (Å²) in [6.45, 7) is 5.93. The molecule has 0 saturated carbocycles. The van der Waals surface area contributed by atoms with E-state index in [0.717, 1.165) is 36.7 Å². The van der Waals surface area contributed by atoms with Crippen LogP contribution in [0.4, 0.5) is 0 Å². The van der Waals surface area contributed by atoms with E-state index in [1.165, 1.54) is 4.88 Å². The summed E-state index contributed by atoms with van der Waals surface area (Å²) in [6.07, 6.45) is 5.49. The average molecular weight is 335 g/mol. The fourth-order valence-corrected chi connectivity index (χ4v) is 4.54. The van der Waals surface area contributed by atoms with Crippen LogP contribution in [0.25, 0.3) is 27.9 Å². The van der Waals surface area contributed by atoms with Crippen LogP contribution in [-0.2, 0) is 0 Å². The Morgan fingerprint density at radius 3 is 2.87 bits per heavy atom. The standard InChI is InChI=1S/C18H13N3S2/c1-3-13-9-15(23-18-20-10-11(2)22-18)14-7-6-12-5-4-8-19-16(12)17(14)21-13/h3-10H,1H2,2H3. The second-order valence-corrected chi connectivity index (χ2v) is 7.65. The highest BCUT2D eigenvalue weighted by Gasteiger charge is 2.11. The first-order chi connectivity index (χ1) is 11.2. The quantitative estimate of drug-likeness (QED) is 0.474. The first-order valence-electron chi connectivity index (χ1n) is 7.16. The molecular formula is C18H13N3S2. The Kier molecular flexibility index (Phi) is 3.59. The minimum absolute atomic E-state index is 0.853. The van der Waals surface area contributed by atoms with Crippen molar-refractivity contribution < 1.29 is 0 Å². The number of benzene rings is 1. The molecule has 0 amide bonds. The molecule has 0 spiro atoms. The van der Waals surface area contributed by atoms with Crippen molar-refractivity contribution in [2.45, 2.75) is 16.2 Å². The SMILES string of the molecule is C=Cc1cc(Sc2ncc(C)s2)c2ccc3cccnc3c2n1. The van der Waals surface area contributed by atoms with Gasteiger partial charge in [0.1, 0.15) is 0 Å². The maximum absolute atomic E-state index is 4.72. The van der Waals surface area contributed by atoms with Gasteiger partial charge in [0.25, 0.3) is 0 Å². The molecule has 0 bridgehead atoms. The van der Waals surface area contributed by atoms with E-state index in [1.54, 1.807) is 35.4 Å². The number of nitrogens with zero attached hydrogens (tertiary/aromatic N) is 3. The normalized spacial score (nSPS) is 11.2. The molecule has 0 aliphatic heterocycles. The van der Waals surface area contributed by atoms with Crippen LogP contribution in [0.15, 0.2) is 58.5 Å². The maximum Gasteiger partial charge on any atom is 0.154 e. The van der Waals surface area contributed by atoms with Gasteiger partial charge in [-0.2, -0.15) is 0 Å². The molecule has 3 aromatic heterocycles. The minimum atomic E-state index is 0.853. The highest BCUT2D eigenvalue weighted by Crippen LogP contribution is 2.37. The van der Waals surface area contributed by atoms with Crippen LogP contribution in [0.5, 0.6) is 0 Å². The van der Waals surface area contributed by atoms with Crippen LogP contribution in [0.2, 0.25) is 0 Å². The summed E-state index contributed by atoms with van der Waals surface area (Å²) >= 11 is 3.37. The molecule has 0 N–H and O–H groups in total. The van der Waals surface area contributed by atoms with Gasteiger partial charge in [0, 0.05) is 32.9 Å². The van der Waals surface area contributed by atoms with E-state index in [0.29, 0.717) is 0 Å². The number of fused-ring (bicyclic) bond motifs is 3. The van der Waals surface area contributed by atoms with Gasteiger partial charge in [0.2, 0.25) is 0 Å². The predicted octanol–water partition coefficient (Wildman–Crippen LogP) is 5.34. The molecule has 3 heterocycles. The molecule has 1 aromatic carbocycles. The van der Waals surface area contributed by atoms with Crippen molar-refractivity contribution in [1.29, 1.82) is 0 Å².